The van der Waals surface area contributed by atoms with Crippen LogP contribution in [0.2, 0.25) is 0 Å². The highest BCUT2D eigenvalue weighted by atomic mass is 16.6. The molecule has 16 heavy (non-hydrogen) atoms. The van der Waals surface area contributed by atoms with E-state index in [1.54, 1.807) is 4.90 Å². The van der Waals surface area contributed by atoms with Crippen molar-refractivity contribution in [2.45, 2.75) is 31.4 Å². The topological polar surface area (TPSA) is 59.0 Å². The number of ether oxygens (including phenoxy) is 2. The van der Waals surface area contributed by atoms with Gasteiger partial charge in [0.2, 0.25) is 0 Å². The second-order valence-electron chi connectivity index (χ2n) is 4.30. The molecular weight excluding hydrogens is 210 g/mol. The highest BCUT2D eigenvalue weighted by molar-refractivity contribution is 5.81. The summed E-state index contributed by atoms with van der Waals surface area (Å²) in [6, 6.07) is -0.0354. The molecule has 92 valence electrons. The fourth-order valence-corrected chi connectivity index (χ4v) is 2.30. The van der Waals surface area contributed by atoms with Gasteiger partial charge in [-0.1, -0.05) is 0 Å². The molecule has 2 aliphatic rings. The van der Waals surface area contributed by atoms with Gasteiger partial charge in [0, 0.05) is 6.54 Å². The molecule has 2 saturated heterocycles. The van der Waals surface area contributed by atoms with E-state index in [0.29, 0.717) is 19.8 Å². The van der Waals surface area contributed by atoms with Gasteiger partial charge in [-0.25, -0.2) is 0 Å². The zero-order valence-corrected chi connectivity index (χ0v) is 9.43. The quantitative estimate of drug-likeness (QED) is 0.711. The first-order valence-corrected chi connectivity index (χ1v) is 5.93. The van der Waals surface area contributed by atoms with Gasteiger partial charge in [0.25, 0.3) is 5.91 Å². The Bertz CT molecular complexity index is 240. The number of hydrogen-bond donors (Lipinski definition) is 1. The second kappa shape index (κ2) is 5.61. The molecule has 1 N–H and O–H groups in total. The summed E-state index contributed by atoms with van der Waals surface area (Å²) < 4.78 is 10.6. The lowest BCUT2D eigenvalue weighted by Gasteiger charge is -2.37. The Labute approximate surface area is 95.3 Å². The fourth-order valence-electron chi connectivity index (χ4n) is 2.30. The third-order valence-electron chi connectivity index (χ3n) is 3.21. The van der Waals surface area contributed by atoms with Crippen LogP contribution in [0, 0.1) is 0 Å². The molecule has 2 heterocycles. The van der Waals surface area contributed by atoms with Gasteiger partial charge in [0.05, 0.1) is 32.5 Å². The number of hydrogen-bond acceptors (Lipinski definition) is 4. The van der Waals surface area contributed by atoms with Gasteiger partial charge in [-0.05, 0) is 19.3 Å². The van der Waals surface area contributed by atoms with E-state index in [1.807, 2.05) is 0 Å². The van der Waals surface area contributed by atoms with Crippen molar-refractivity contribution in [3.05, 3.63) is 0 Å². The Kier molecular flexibility index (Phi) is 4.15. The van der Waals surface area contributed by atoms with Crippen LogP contribution in [0.5, 0.6) is 0 Å². The molecule has 5 heteroatoms. The molecule has 0 spiro atoms. The SMILES string of the molecule is O=C(C1COCCO1)N1CCCCC1CO. The van der Waals surface area contributed by atoms with E-state index in [0.717, 1.165) is 25.8 Å². The van der Waals surface area contributed by atoms with Crippen LogP contribution in [0.1, 0.15) is 19.3 Å². The molecule has 1 amide bonds. The van der Waals surface area contributed by atoms with E-state index in [4.69, 9.17) is 9.47 Å². The van der Waals surface area contributed by atoms with Crippen LogP contribution in [0.4, 0.5) is 0 Å². The molecule has 0 bridgehead atoms. The summed E-state index contributed by atoms with van der Waals surface area (Å²) in [7, 11) is 0. The Balaban J connectivity index is 1.95. The largest absolute Gasteiger partial charge is 0.394 e. The molecule has 2 unspecified atom stereocenters. The summed E-state index contributed by atoms with van der Waals surface area (Å²) in [5, 5.41) is 9.24. The summed E-state index contributed by atoms with van der Waals surface area (Å²) in [6.07, 6.45) is 2.50. The predicted molar refractivity (Wildman–Crippen MR) is 57.0 cm³/mol. The Morgan fingerprint density at radius 2 is 2.25 bits per heavy atom. The third-order valence-corrected chi connectivity index (χ3v) is 3.21. The molecule has 0 saturated carbocycles. The van der Waals surface area contributed by atoms with Crippen molar-refractivity contribution in [3.63, 3.8) is 0 Å². The summed E-state index contributed by atoms with van der Waals surface area (Å²) >= 11 is 0. The van der Waals surface area contributed by atoms with Crippen molar-refractivity contribution in [1.29, 1.82) is 0 Å². The number of aliphatic hydroxyl groups excluding tert-OH is 1. The van der Waals surface area contributed by atoms with Gasteiger partial charge >= 0.3 is 0 Å². The zero-order valence-electron chi connectivity index (χ0n) is 9.43. The Morgan fingerprint density at radius 1 is 1.38 bits per heavy atom. The zero-order chi connectivity index (χ0) is 11.4. The average Bonchev–Trinajstić information content (AvgIpc) is 2.39. The number of nitrogens with zero attached hydrogens (tertiary/aromatic N) is 1. The molecule has 2 atom stereocenters. The van der Waals surface area contributed by atoms with Gasteiger partial charge in [0.15, 0.2) is 6.10 Å². The summed E-state index contributed by atoms with van der Waals surface area (Å²) in [5.41, 5.74) is 0. The number of carbonyl (C=O) groups is 1. The maximum absolute atomic E-state index is 12.1. The van der Waals surface area contributed by atoms with Crippen LogP contribution in [-0.2, 0) is 14.3 Å². The molecule has 0 aromatic rings. The lowest BCUT2D eigenvalue weighted by Crippen LogP contribution is -2.52. The van der Waals surface area contributed by atoms with Crippen molar-refractivity contribution in [2.75, 3.05) is 33.0 Å². The fraction of sp³-hybridized carbons (Fsp3) is 0.909. The normalized spacial score (nSPS) is 31.4. The van der Waals surface area contributed by atoms with Gasteiger partial charge in [0.1, 0.15) is 0 Å². The number of carbonyl (C=O) groups excluding carboxylic acids is 1. The molecule has 2 aliphatic heterocycles. The lowest BCUT2D eigenvalue weighted by atomic mass is 10.0. The van der Waals surface area contributed by atoms with E-state index in [-0.39, 0.29) is 18.6 Å². The molecule has 2 rings (SSSR count). The third kappa shape index (κ3) is 2.53. The lowest BCUT2D eigenvalue weighted by molar-refractivity contribution is -0.162. The molecule has 0 aliphatic carbocycles. The molecule has 5 nitrogen and oxygen atoms in total. The van der Waals surface area contributed by atoms with Crippen LogP contribution in [0.15, 0.2) is 0 Å². The van der Waals surface area contributed by atoms with E-state index >= 15 is 0 Å². The van der Waals surface area contributed by atoms with E-state index in [9.17, 15) is 9.90 Å². The monoisotopic (exact) mass is 229 g/mol. The number of amides is 1. The minimum absolute atomic E-state index is 0.0292. The van der Waals surface area contributed by atoms with Crippen LogP contribution in [-0.4, -0.2) is 61.0 Å². The average molecular weight is 229 g/mol. The molecular formula is C11H19NO4. The number of piperidine rings is 1. The van der Waals surface area contributed by atoms with Crippen LogP contribution >= 0.6 is 0 Å². The number of aliphatic hydroxyl groups is 1. The summed E-state index contributed by atoms with van der Waals surface area (Å²) in [4.78, 5) is 13.9. The van der Waals surface area contributed by atoms with Crippen molar-refractivity contribution < 1.29 is 19.4 Å². The van der Waals surface area contributed by atoms with Crippen LogP contribution < -0.4 is 0 Å². The van der Waals surface area contributed by atoms with Gasteiger partial charge in [-0.2, -0.15) is 0 Å². The van der Waals surface area contributed by atoms with Crippen molar-refractivity contribution in [3.8, 4) is 0 Å². The van der Waals surface area contributed by atoms with E-state index in [1.165, 1.54) is 0 Å². The molecule has 0 radical (unpaired) electrons. The molecule has 0 aromatic heterocycles. The highest BCUT2D eigenvalue weighted by Crippen LogP contribution is 2.19. The second-order valence-corrected chi connectivity index (χ2v) is 4.30. The van der Waals surface area contributed by atoms with E-state index in [2.05, 4.69) is 0 Å². The standard InChI is InChI=1S/C11H19NO4/c13-7-9-3-1-2-4-12(9)11(14)10-8-15-5-6-16-10/h9-10,13H,1-8H2. The summed E-state index contributed by atoms with van der Waals surface area (Å²) in [6.45, 7) is 2.15. The van der Waals surface area contributed by atoms with Crippen LogP contribution in [0.25, 0.3) is 0 Å². The first-order valence-electron chi connectivity index (χ1n) is 5.93. The minimum atomic E-state index is -0.471. The highest BCUT2D eigenvalue weighted by Gasteiger charge is 2.32. The van der Waals surface area contributed by atoms with Crippen molar-refractivity contribution >= 4 is 5.91 Å². The maximum Gasteiger partial charge on any atom is 0.254 e. The minimum Gasteiger partial charge on any atom is -0.394 e. The van der Waals surface area contributed by atoms with Crippen molar-refractivity contribution in [2.24, 2.45) is 0 Å². The number of likely N-dealkylation sites (tertiary alicyclic amines) is 1. The Morgan fingerprint density at radius 3 is 2.94 bits per heavy atom. The van der Waals surface area contributed by atoms with Crippen LogP contribution in [0.3, 0.4) is 0 Å². The first kappa shape index (κ1) is 11.8. The van der Waals surface area contributed by atoms with Crippen molar-refractivity contribution in [1.82, 2.24) is 4.90 Å². The maximum atomic E-state index is 12.1. The van der Waals surface area contributed by atoms with Gasteiger partial charge in [-0.15, -0.1) is 0 Å². The predicted octanol–water partition coefficient (Wildman–Crippen LogP) is -0.225. The first-order chi connectivity index (χ1) is 7.83. The smallest absolute Gasteiger partial charge is 0.254 e. The molecule has 0 aromatic carbocycles. The van der Waals surface area contributed by atoms with Gasteiger partial charge < -0.3 is 19.5 Å². The van der Waals surface area contributed by atoms with Gasteiger partial charge in [-0.3, -0.25) is 4.79 Å². The number of rotatable bonds is 2. The summed E-state index contributed by atoms with van der Waals surface area (Å²) in [5.74, 6) is -0.0292. The van der Waals surface area contributed by atoms with E-state index < -0.39 is 6.10 Å². The Hall–Kier alpha value is -0.650. The molecule has 2 fully saturated rings.